The first-order chi connectivity index (χ1) is 10.2. The van der Waals surface area contributed by atoms with E-state index in [2.05, 4.69) is 61.6 Å². The number of rotatable bonds is 7. The summed E-state index contributed by atoms with van der Waals surface area (Å²) in [7, 11) is 1.73. The first-order valence-electron chi connectivity index (χ1n) is 7.62. The van der Waals surface area contributed by atoms with Gasteiger partial charge in [0, 0.05) is 11.6 Å². The fourth-order valence-electron chi connectivity index (χ4n) is 2.56. The molecule has 2 heteroatoms. The van der Waals surface area contributed by atoms with E-state index < -0.39 is 0 Å². The van der Waals surface area contributed by atoms with Crippen molar-refractivity contribution in [1.82, 2.24) is 5.32 Å². The van der Waals surface area contributed by atoms with Gasteiger partial charge in [0.2, 0.25) is 0 Å². The zero-order chi connectivity index (χ0) is 15.1. The molecule has 2 aromatic rings. The Morgan fingerprint density at radius 2 is 1.86 bits per heavy atom. The van der Waals surface area contributed by atoms with Crippen molar-refractivity contribution in [2.24, 2.45) is 0 Å². The van der Waals surface area contributed by atoms with Gasteiger partial charge in [-0.1, -0.05) is 48.0 Å². The summed E-state index contributed by atoms with van der Waals surface area (Å²) in [4.78, 5) is 0. The quantitative estimate of drug-likeness (QED) is 0.765. The van der Waals surface area contributed by atoms with Gasteiger partial charge >= 0.3 is 0 Å². The van der Waals surface area contributed by atoms with Crippen LogP contribution in [0.3, 0.4) is 0 Å². The molecule has 0 saturated heterocycles. The molecule has 2 nitrogen and oxygen atoms in total. The predicted octanol–water partition coefficient (Wildman–Crippen LogP) is 4.29. The van der Waals surface area contributed by atoms with Crippen LogP contribution in [0.25, 0.3) is 0 Å². The summed E-state index contributed by atoms with van der Waals surface area (Å²) in [6.07, 6.45) is 2.26. The number of aryl methyl sites for hydroxylation is 2. The van der Waals surface area contributed by atoms with E-state index in [4.69, 9.17) is 4.74 Å². The van der Waals surface area contributed by atoms with Gasteiger partial charge in [0.25, 0.3) is 0 Å². The van der Waals surface area contributed by atoms with E-state index in [1.165, 1.54) is 16.7 Å². The molecule has 1 unspecified atom stereocenters. The Kier molecular flexibility index (Phi) is 5.82. The van der Waals surface area contributed by atoms with Gasteiger partial charge in [-0.05, 0) is 44.9 Å². The number of benzene rings is 2. The van der Waals surface area contributed by atoms with Crippen LogP contribution in [0.15, 0.2) is 48.5 Å². The topological polar surface area (TPSA) is 21.3 Å². The minimum atomic E-state index is 0.302. The van der Waals surface area contributed by atoms with E-state index in [0.29, 0.717) is 6.04 Å². The van der Waals surface area contributed by atoms with Crippen LogP contribution in [0.5, 0.6) is 5.75 Å². The highest BCUT2D eigenvalue weighted by Gasteiger charge is 2.10. The van der Waals surface area contributed by atoms with E-state index in [0.717, 1.165) is 25.1 Å². The van der Waals surface area contributed by atoms with Crippen LogP contribution in [0, 0.1) is 6.92 Å². The van der Waals surface area contributed by atoms with Crippen LogP contribution in [-0.4, -0.2) is 13.7 Å². The third-order valence-corrected chi connectivity index (χ3v) is 3.79. The number of hydrogen-bond acceptors (Lipinski definition) is 2. The van der Waals surface area contributed by atoms with Gasteiger partial charge in [-0.15, -0.1) is 0 Å². The van der Waals surface area contributed by atoms with Gasteiger partial charge in [0.1, 0.15) is 5.75 Å². The summed E-state index contributed by atoms with van der Waals surface area (Å²) >= 11 is 0. The number of ether oxygens (including phenoxy) is 1. The molecular weight excluding hydrogens is 258 g/mol. The van der Waals surface area contributed by atoms with Crippen molar-refractivity contribution in [3.8, 4) is 5.75 Å². The lowest BCUT2D eigenvalue weighted by Gasteiger charge is -2.18. The number of nitrogens with one attached hydrogen (secondary N) is 1. The van der Waals surface area contributed by atoms with E-state index in [1.54, 1.807) is 7.11 Å². The summed E-state index contributed by atoms with van der Waals surface area (Å²) < 4.78 is 5.46. The predicted molar refractivity (Wildman–Crippen MR) is 88.9 cm³/mol. The summed E-state index contributed by atoms with van der Waals surface area (Å²) in [6, 6.07) is 17.3. The zero-order valence-corrected chi connectivity index (χ0v) is 13.2. The van der Waals surface area contributed by atoms with Crippen LogP contribution >= 0.6 is 0 Å². The number of hydrogen-bond donors (Lipinski definition) is 1. The average molecular weight is 283 g/mol. The molecule has 0 heterocycles. The molecule has 0 fully saturated rings. The number of methoxy groups -OCH3 is 1. The summed E-state index contributed by atoms with van der Waals surface area (Å²) in [6.45, 7) is 5.32. The molecule has 0 aliphatic heterocycles. The van der Waals surface area contributed by atoms with Crippen LogP contribution in [0.4, 0.5) is 0 Å². The molecule has 0 aromatic heterocycles. The average Bonchev–Trinajstić information content (AvgIpc) is 2.52. The lowest BCUT2D eigenvalue weighted by atomic mass is 10.0. The Bertz CT molecular complexity index is 551. The summed E-state index contributed by atoms with van der Waals surface area (Å²) in [5, 5.41) is 3.59. The van der Waals surface area contributed by atoms with E-state index in [9.17, 15) is 0 Å². The molecule has 1 N–H and O–H groups in total. The second-order valence-corrected chi connectivity index (χ2v) is 5.51. The molecule has 112 valence electrons. The molecule has 0 saturated carbocycles. The van der Waals surface area contributed by atoms with Crippen molar-refractivity contribution >= 4 is 0 Å². The third-order valence-electron chi connectivity index (χ3n) is 3.79. The molecule has 0 aliphatic rings. The third kappa shape index (κ3) is 4.61. The van der Waals surface area contributed by atoms with Crippen LogP contribution < -0.4 is 10.1 Å². The molecule has 0 radical (unpaired) electrons. The molecule has 2 aromatic carbocycles. The molecule has 0 amide bonds. The van der Waals surface area contributed by atoms with Gasteiger partial charge in [-0.2, -0.15) is 0 Å². The van der Waals surface area contributed by atoms with Crippen LogP contribution in [0.1, 0.15) is 36.1 Å². The first kappa shape index (κ1) is 15.6. The smallest absolute Gasteiger partial charge is 0.123 e. The Morgan fingerprint density at radius 1 is 1.10 bits per heavy atom. The SMILES string of the molecule is COc1ccc(C)cc1C(C)NCCCc1ccccc1. The van der Waals surface area contributed by atoms with Gasteiger partial charge in [0.15, 0.2) is 0 Å². The van der Waals surface area contributed by atoms with Gasteiger partial charge in [-0.3, -0.25) is 0 Å². The molecule has 0 spiro atoms. The highest BCUT2D eigenvalue weighted by atomic mass is 16.5. The van der Waals surface area contributed by atoms with Gasteiger partial charge in [0.05, 0.1) is 7.11 Å². The largest absolute Gasteiger partial charge is 0.496 e. The van der Waals surface area contributed by atoms with Crippen molar-refractivity contribution < 1.29 is 4.74 Å². The molecule has 1 atom stereocenters. The normalized spacial score (nSPS) is 12.1. The van der Waals surface area contributed by atoms with Crippen molar-refractivity contribution in [2.45, 2.75) is 32.7 Å². The molecule has 21 heavy (non-hydrogen) atoms. The molecule has 2 rings (SSSR count). The lowest BCUT2D eigenvalue weighted by molar-refractivity contribution is 0.401. The standard InChI is InChI=1S/C19H25NO/c1-15-11-12-19(21-3)18(14-15)16(2)20-13-7-10-17-8-5-4-6-9-17/h4-6,8-9,11-12,14,16,20H,7,10,13H2,1-3H3. The maximum Gasteiger partial charge on any atom is 0.123 e. The van der Waals surface area contributed by atoms with E-state index in [1.807, 2.05) is 6.07 Å². The van der Waals surface area contributed by atoms with Crippen LogP contribution in [-0.2, 0) is 6.42 Å². The molecule has 0 bridgehead atoms. The monoisotopic (exact) mass is 283 g/mol. The van der Waals surface area contributed by atoms with Crippen molar-refractivity contribution in [3.05, 3.63) is 65.2 Å². The Balaban J connectivity index is 1.84. The molecule has 0 aliphatic carbocycles. The Labute approximate surface area is 128 Å². The highest BCUT2D eigenvalue weighted by Crippen LogP contribution is 2.25. The second-order valence-electron chi connectivity index (χ2n) is 5.51. The van der Waals surface area contributed by atoms with Gasteiger partial charge in [-0.25, -0.2) is 0 Å². The van der Waals surface area contributed by atoms with E-state index in [-0.39, 0.29) is 0 Å². The van der Waals surface area contributed by atoms with Crippen molar-refractivity contribution in [1.29, 1.82) is 0 Å². The minimum Gasteiger partial charge on any atom is -0.496 e. The zero-order valence-electron chi connectivity index (χ0n) is 13.2. The minimum absolute atomic E-state index is 0.302. The second kappa shape index (κ2) is 7.84. The Hall–Kier alpha value is -1.80. The van der Waals surface area contributed by atoms with Crippen molar-refractivity contribution in [3.63, 3.8) is 0 Å². The fraction of sp³-hybridized carbons (Fsp3) is 0.368. The highest BCUT2D eigenvalue weighted by molar-refractivity contribution is 5.38. The van der Waals surface area contributed by atoms with Crippen molar-refractivity contribution in [2.75, 3.05) is 13.7 Å². The summed E-state index contributed by atoms with van der Waals surface area (Å²) in [5.41, 5.74) is 3.90. The fourth-order valence-corrected chi connectivity index (χ4v) is 2.56. The van der Waals surface area contributed by atoms with Crippen LogP contribution in [0.2, 0.25) is 0 Å². The first-order valence-corrected chi connectivity index (χ1v) is 7.62. The Morgan fingerprint density at radius 3 is 2.57 bits per heavy atom. The van der Waals surface area contributed by atoms with E-state index >= 15 is 0 Å². The lowest BCUT2D eigenvalue weighted by Crippen LogP contribution is -2.21. The maximum absolute atomic E-state index is 5.46. The van der Waals surface area contributed by atoms with Gasteiger partial charge < -0.3 is 10.1 Å². The summed E-state index contributed by atoms with van der Waals surface area (Å²) in [5.74, 6) is 0.962. The molecular formula is C19H25NO. The maximum atomic E-state index is 5.46.